The smallest absolute Gasteiger partial charge is 0.251 e. The van der Waals surface area contributed by atoms with Gasteiger partial charge in [-0.15, -0.1) is 0 Å². The lowest BCUT2D eigenvalue weighted by Gasteiger charge is -2.20. The van der Waals surface area contributed by atoms with Gasteiger partial charge in [0.25, 0.3) is 5.56 Å². The van der Waals surface area contributed by atoms with E-state index >= 15 is 0 Å². The molecule has 0 bridgehead atoms. The molecule has 146 valence electrons. The summed E-state index contributed by atoms with van der Waals surface area (Å²) in [6, 6.07) is 12.0. The highest BCUT2D eigenvalue weighted by Gasteiger charge is 2.23. The van der Waals surface area contributed by atoms with Gasteiger partial charge < -0.3 is 9.47 Å². The first kappa shape index (κ1) is 20.9. The van der Waals surface area contributed by atoms with E-state index in [0.29, 0.717) is 19.6 Å². The molecule has 0 radical (unpaired) electrons. The molecule has 0 saturated carbocycles. The Kier molecular flexibility index (Phi) is 6.92. The van der Waals surface area contributed by atoms with Crippen molar-refractivity contribution in [3.63, 3.8) is 0 Å². The van der Waals surface area contributed by atoms with Crippen LogP contribution in [0.3, 0.4) is 0 Å². The number of carbonyl (C=O) groups is 1. The molecular weight excluding hydrogens is 366 g/mol. The highest BCUT2D eigenvalue weighted by atomic mass is 32.2. The van der Waals surface area contributed by atoms with E-state index in [1.54, 1.807) is 20.9 Å². The maximum Gasteiger partial charge on any atom is 0.251 e. The van der Waals surface area contributed by atoms with Crippen molar-refractivity contribution in [1.82, 2.24) is 13.8 Å². The minimum absolute atomic E-state index is 0.00399. The number of sulfonamides is 1. The molecule has 1 aromatic heterocycles. The van der Waals surface area contributed by atoms with Gasteiger partial charge in [0.2, 0.25) is 15.9 Å². The lowest BCUT2D eigenvalue weighted by molar-refractivity contribution is -0.131. The Hall–Kier alpha value is -2.45. The van der Waals surface area contributed by atoms with Crippen molar-refractivity contribution >= 4 is 15.9 Å². The van der Waals surface area contributed by atoms with Crippen LogP contribution in [-0.2, 0) is 27.9 Å². The van der Waals surface area contributed by atoms with Crippen LogP contribution in [0.2, 0.25) is 0 Å². The first-order valence-electron chi connectivity index (χ1n) is 8.78. The second-order valence-corrected chi connectivity index (χ2v) is 8.09. The molecule has 2 rings (SSSR count). The summed E-state index contributed by atoms with van der Waals surface area (Å²) in [5, 5.41) is 0. The summed E-state index contributed by atoms with van der Waals surface area (Å²) in [7, 11) is -2.05. The second-order valence-electron chi connectivity index (χ2n) is 6.16. The number of hydrogen-bond donors (Lipinski definition) is 0. The van der Waals surface area contributed by atoms with Crippen molar-refractivity contribution in [2.45, 2.75) is 31.8 Å². The van der Waals surface area contributed by atoms with Crippen LogP contribution in [0.1, 0.15) is 19.4 Å². The Morgan fingerprint density at radius 3 is 2.26 bits per heavy atom. The van der Waals surface area contributed by atoms with Crippen LogP contribution in [-0.4, -0.2) is 48.2 Å². The third-order valence-corrected chi connectivity index (χ3v) is 6.33. The van der Waals surface area contributed by atoms with Crippen molar-refractivity contribution in [3.8, 4) is 0 Å². The van der Waals surface area contributed by atoms with Crippen LogP contribution in [0.4, 0.5) is 0 Å². The molecule has 0 aliphatic heterocycles. The fourth-order valence-electron chi connectivity index (χ4n) is 2.71. The number of rotatable bonds is 8. The number of pyridine rings is 1. The highest BCUT2D eigenvalue weighted by molar-refractivity contribution is 7.89. The Morgan fingerprint density at radius 2 is 1.67 bits per heavy atom. The van der Waals surface area contributed by atoms with Crippen LogP contribution < -0.4 is 5.56 Å². The van der Waals surface area contributed by atoms with Gasteiger partial charge in [0.1, 0.15) is 6.54 Å². The summed E-state index contributed by atoms with van der Waals surface area (Å²) in [6.45, 7) is 4.35. The van der Waals surface area contributed by atoms with Gasteiger partial charge in [0, 0.05) is 38.9 Å². The van der Waals surface area contributed by atoms with E-state index in [-0.39, 0.29) is 17.3 Å². The van der Waals surface area contributed by atoms with Crippen LogP contribution in [0, 0.1) is 0 Å². The number of benzene rings is 1. The molecule has 0 fully saturated rings. The molecule has 8 heteroatoms. The van der Waals surface area contributed by atoms with Gasteiger partial charge in [-0.25, -0.2) is 8.42 Å². The average molecular weight is 391 g/mol. The molecule has 0 aliphatic rings. The minimum atomic E-state index is -3.70. The van der Waals surface area contributed by atoms with Gasteiger partial charge in [-0.3, -0.25) is 9.59 Å². The Morgan fingerprint density at radius 1 is 1.04 bits per heavy atom. The van der Waals surface area contributed by atoms with E-state index in [1.807, 2.05) is 30.3 Å². The average Bonchev–Trinajstić information content (AvgIpc) is 2.64. The number of aromatic nitrogens is 1. The SMILES string of the molecule is CCN(CC)S(=O)(=O)c1ccc(=O)n(CC(=O)N(C)Cc2ccccc2)c1. The maximum absolute atomic E-state index is 12.6. The fourth-order valence-corrected chi connectivity index (χ4v) is 4.19. The molecule has 1 amide bonds. The summed E-state index contributed by atoms with van der Waals surface area (Å²) in [4.78, 5) is 26.1. The Balaban J connectivity index is 2.21. The number of amides is 1. The lowest BCUT2D eigenvalue weighted by atomic mass is 10.2. The van der Waals surface area contributed by atoms with Crippen molar-refractivity contribution in [2.75, 3.05) is 20.1 Å². The number of likely N-dealkylation sites (N-methyl/N-ethyl adjacent to an activating group) is 1. The second kappa shape index (κ2) is 8.96. The predicted molar refractivity (Wildman–Crippen MR) is 104 cm³/mol. The first-order valence-corrected chi connectivity index (χ1v) is 10.2. The number of nitrogens with zero attached hydrogens (tertiary/aromatic N) is 3. The van der Waals surface area contributed by atoms with Gasteiger partial charge in [-0.2, -0.15) is 4.31 Å². The third kappa shape index (κ3) is 5.05. The molecular formula is C19H25N3O4S. The molecule has 0 atom stereocenters. The molecule has 7 nitrogen and oxygen atoms in total. The van der Waals surface area contributed by atoms with E-state index in [4.69, 9.17) is 0 Å². The Bertz CT molecular complexity index is 935. The van der Waals surface area contributed by atoms with Crippen molar-refractivity contribution < 1.29 is 13.2 Å². The van der Waals surface area contributed by atoms with Crippen molar-refractivity contribution in [1.29, 1.82) is 0 Å². The summed E-state index contributed by atoms with van der Waals surface area (Å²) >= 11 is 0. The number of hydrogen-bond acceptors (Lipinski definition) is 4. The highest BCUT2D eigenvalue weighted by Crippen LogP contribution is 2.13. The van der Waals surface area contributed by atoms with E-state index in [1.165, 1.54) is 27.5 Å². The minimum Gasteiger partial charge on any atom is -0.340 e. The summed E-state index contributed by atoms with van der Waals surface area (Å²) < 4.78 is 27.7. The standard InChI is InChI=1S/C19H25N3O4S/c1-4-22(5-2)27(25,26)17-11-12-18(23)21(14-17)15-19(24)20(3)13-16-9-7-6-8-10-16/h6-12,14H,4-5,13,15H2,1-3H3. The summed E-state index contributed by atoms with van der Waals surface area (Å²) in [5.74, 6) is -0.279. The van der Waals surface area contributed by atoms with Crippen LogP contribution >= 0.6 is 0 Å². The molecule has 0 aliphatic carbocycles. The van der Waals surface area contributed by atoms with Crippen LogP contribution in [0.25, 0.3) is 0 Å². The molecule has 0 N–H and O–H groups in total. The van der Waals surface area contributed by atoms with Crippen LogP contribution in [0.5, 0.6) is 0 Å². The zero-order valence-electron chi connectivity index (χ0n) is 15.8. The number of carbonyl (C=O) groups excluding carboxylic acids is 1. The topological polar surface area (TPSA) is 79.7 Å². The Labute approximate surface area is 159 Å². The fraction of sp³-hybridized carbons (Fsp3) is 0.368. The van der Waals surface area contributed by atoms with Gasteiger partial charge >= 0.3 is 0 Å². The van der Waals surface area contributed by atoms with Gasteiger partial charge in [-0.05, 0) is 11.6 Å². The predicted octanol–water partition coefficient (Wildman–Crippen LogP) is 1.54. The first-order chi connectivity index (χ1) is 12.8. The molecule has 27 heavy (non-hydrogen) atoms. The van der Waals surface area contributed by atoms with Crippen molar-refractivity contribution in [2.24, 2.45) is 0 Å². The van der Waals surface area contributed by atoms with E-state index in [0.717, 1.165) is 10.1 Å². The van der Waals surface area contributed by atoms with Crippen molar-refractivity contribution in [3.05, 3.63) is 64.6 Å². The zero-order chi connectivity index (χ0) is 20.0. The normalized spacial score (nSPS) is 11.6. The molecule has 1 heterocycles. The quantitative estimate of drug-likeness (QED) is 0.684. The molecule has 0 unspecified atom stereocenters. The summed E-state index contributed by atoms with van der Waals surface area (Å²) in [6.07, 6.45) is 1.24. The van der Waals surface area contributed by atoms with E-state index < -0.39 is 15.6 Å². The third-order valence-electron chi connectivity index (χ3n) is 4.29. The van der Waals surface area contributed by atoms with E-state index in [9.17, 15) is 18.0 Å². The molecule has 0 saturated heterocycles. The molecule has 1 aromatic carbocycles. The lowest BCUT2D eigenvalue weighted by Crippen LogP contribution is -2.35. The van der Waals surface area contributed by atoms with Gasteiger partial charge in [-0.1, -0.05) is 44.2 Å². The molecule has 0 spiro atoms. The molecule has 2 aromatic rings. The largest absolute Gasteiger partial charge is 0.340 e. The van der Waals surface area contributed by atoms with Gasteiger partial charge in [0.05, 0.1) is 4.90 Å². The van der Waals surface area contributed by atoms with Gasteiger partial charge in [0.15, 0.2) is 0 Å². The monoisotopic (exact) mass is 391 g/mol. The maximum atomic E-state index is 12.6. The zero-order valence-corrected chi connectivity index (χ0v) is 16.6. The van der Waals surface area contributed by atoms with Crippen LogP contribution in [0.15, 0.2) is 58.4 Å². The summed E-state index contributed by atoms with van der Waals surface area (Å²) in [5.41, 5.74) is 0.550. The van der Waals surface area contributed by atoms with E-state index in [2.05, 4.69) is 0 Å².